The quantitative estimate of drug-likeness (QED) is 0.303. The van der Waals surface area contributed by atoms with Crippen LogP contribution >= 0.6 is 0 Å². The van der Waals surface area contributed by atoms with Crippen LogP contribution in [0.15, 0.2) is 24.3 Å². The van der Waals surface area contributed by atoms with Crippen molar-refractivity contribution in [3.05, 3.63) is 24.3 Å². The molecule has 1 aliphatic carbocycles. The molecule has 0 aliphatic heterocycles. The van der Waals surface area contributed by atoms with Gasteiger partial charge in [0.05, 0.1) is 13.2 Å². The molecule has 0 saturated heterocycles. The molecule has 0 radical (unpaired) electrons. The number of esters is 1. The molecule has 0 aromatic carbocycles. The lowest BCUT2D eigenvalue weighted by molar-refractivity contribution is -0.140. The van der Waals surface area contributed by atoms with E-state index in [9.17, 15) is 9.90 Å². The molecule has 0 heterocycles. The molecule has 138 valence electrons. The summed E-state index contributed by atoms with van der Waals surface area (Å²) < 4.78 is 4.64. The Morgan fingerprint density at radius 1 is 1.25 bits per heavy atom. The van der Waals surface area contributed by atoms with Crippen molar-refractivity contribution in [1.82, 2.24) is 0 Å². The van der Waals surface area contributed by atoms with Gasteiger partial charge in [0.2, 0.25) is 0 Å². The van der Waals surface area contributed by atoms with E-state index >= 15 is 0 Å². The molecule has 0 aromatic heterocycles. The van der Waals surface area contributed by atoms with Gasteiger partial charge in [-0.15, -0.1) is 0 Å². The van der Waals surface area contributed by atoms with Crippen LogP contribution in [0.2, 0.25) is 0 Å². The Kier molecular flexibility index (Phi) is 11.5. The van der Waals surface area contributed by atoms with Gasteiger partial charge < -0.3 is 9.84 Å². The fourth-order valence-electron chi connectivity index (χ4n) is 3.44. The van der Waals surface area contributed by atoms with Gasteiger partial charge >= 0.3 is 5.97 Å². The lowest BCUT2D eigenvalue weighted by Crippen LogP contribution is -2.07. The third kappa shape index (κ3) is 9.27. The Hall–Kier alpha value is -1.09. The Bertz CT molecular complexity index is 387. The summed E-state index contributed by atoms with van der Waals surface area (Å²) in [6, 6.07) is 0. The Balaban J connectivity index is 2.23. The van der Waals surface area contributed by atoms with Crippen molar-refractivity contribution in [3.8, 4) is 0 Å². The molecule has 24 heavy (non-hydrogen) atoms. The molecule has 1 fully saturated rings. The average Bonchev–Trinajstić information content (AvgIpc) is 3.03. The van der Waals surface area contributed by atoms with E-state index in [2.05, 4.69) is 29.9 Å². The van der Waals surface area contributed by atoms with Crippen LogP contribution in [-0.4, -0.2) is 24.3 Å². The van der Waals surface area contributed by atoms with Crippen molar-refractivity contribution in [3.63, 3.8) is 0 Å². The van der Waals surface area contributed by atoms with E-state index < -0.39 is 0 Å². The van der Waals surface area contributed by atoms with Gasteiger partial charge in [0.25, 0.3) is 0 Å². The maximum absolute atomic E-state index is 11.0. The van der Waals surface area contributed by atoms with Gasteiger partial charge in [0, 0.05) is 6.42 Å². The number of ether oxygens (including phenoxy) is 1. The van der Waals surface area contributed by atoms with Crippen LogP contribution in [-0.2, 0) is 9.53 Å². The minimum atomic E-state index is -0.272. The van der Waals surface area contributed by atoms with E-state index in [1.165, 1.54) is 39.2 Å². The lowest BCUT2D eigenvalue weighted by atomic mass is 9.91. The maximum Gasteiger partial charge on any atom is 0.305 e. The van der Waals surface area contributed by atoms with Crippen LogP contribution in [0.4, 0.5) is 0 Å². The van der Waals surface area contributed by atoms with Crippen molar-refractivity contribution in [2.24, 2.45) is 11.8 Å². The fourth-order valence-corrected chi connectivity index (χ4v) is 3.44. The Morgan fingerprint density at radius 2 is 2.08 bits per heavy atom. The summed E-state index contributed by atoms with van der Waals surface area (Å²) in [6.07, 6.45) is 20.1. The molecule has 0 spiro atoms. The molecule has 3 nitrogen and oxygen atoms in total. The monoisotopic (exact) mass is 336 g/mol. The minimum Gasteiger partial charge on any atom is -0.469 e. The first-order valence-corrected chi connectivity index (χ1v) is 9.75. The zero-order chi connectivity index (χ0) is 17.6. The van der Waals surface area contributed by atoms with E-state index in [0.717, 1.165) is 32.1 Å². The molecule has 3 atom stereocenters. The highest BCUT2D eigenvalue weighted by Crippen LogP contribution is 2.35. The number of unbranched alkanes of at least 4 members (excludes halogenated alkanes) is 3. The van der Waals surface area contributed by atoms with Crippen LogP contribution in [0.1, 0.15) is 77.6 Å². The average molecular weight is 337 g/mol. The van der Waals surface area contributed by atoms with E-state index in [0.29, 0.717) is 18.3 Å². The van der Waals surface area contributed by atoms with E-state index in [-0.39, 0.29) is 12.1 Å². The summed E-state index contributed by atoms with van der Waals surface area (Å²) >= 11 is 0. The normalized spacial score (nSPS) is 22.5. The number of allylic oxidation sites excluding steroid dienone is 3. The molecule has 0 aromatic rings. The highest BCUT2D eigenvalue weighted by atomic mass is 16.5. The molecular formula is C21H36O3. The van der Waals surface area contributed by atoms with E-state index in [1.54, 1.807) is 0 Å². The number of aliphatic hydroxyl groups is 1. The van der Waals surface area contributed by atoms with Gasteiger partial charge in [-0.2, -0.15) is 0 Å². The van der Waals surface area contributed by atoms with Gasteiger partial charge in [0.1, 0.15) is 0 Å². The zero-order valence-corrected chi connectivity index (χ0v) is 15.6. The van der Waals surface area contributed by atoms with E-state index in [1.807, 2.05) is 6.08 Å². The van der Waals surface area contributed by atoms with Crippen molar-refractivity contribution in [1.29, 1.82) is 0 Å². The SMILES string of the molecule is CCCCC[C@H](O)/C=C/[C@@H]1CCC[C@H]1C/C=C\CCCC(=O)OC. The second-order valence-corrected chi connectivity index (χ2v) is 6.98. The first kappa shape index (κ1) is 21.0. The number of methoxy groups -OCH3 is 1. The Labute approximate surface area is 148 Å². The zero-order valence-electron chi connectivity index (χ0n) is 15.6. The second-order valence-electron chi connectivity index (χ2n) is 6.98. The molecule has 0 bridgehead atoms. The third-order valence-electron chi connectivity index (χ3n) is 4.99. The number of hydrogen-bond donors (Lipinski definition) is 1. The number of carbonyl (C=O) groups is 1. The van der Waals surface area contributed by atoms with Gasteiger partial charge in [-0.1, -0.05) is 56.9 Å². The molecule has 1 aliphatic rings. The number of aliphatic hydroxyl groups excluding tert-OH is 1. The maximum atomic E-state index is 11.0. The molecule has 1 saturated carbocycles. The molecule has 0 amide bonds. The highest BCUT2D eigenvalue weighted by Gasteiger charge is 2.23. The largest absolute Gasteiger partial charge is 0.469 e. The van der Waals surface area contributed by atoms with Gasteiger partial charge in [-0.25, -0.2) is 0 Å². The highest BCUT2D eigenvalue weighted by molar-refractivity contribution is 5.69. The van der Waals surface area contributed by atoms with Crippen LogP contribution in [0, 0.1) is 11.8 Å². The first-order chi connectivity index (χ1) is 11.7. The summed E-state index contributed by atoms with van der Waals surface area (Å²) in [7, 11) is 1.44. The van der Waals surface area contributed by atoms with Crippen molar-refractivity contribution >= 4 is 5.97 Å². The van der Waals surface area contributed by atoms with E-state index in [4.69, 9.17) is 0 Å². The predicted molar refractivity (Wildman–Crippen MR) is 99.7 cm³/mol. The van der Waals surface area contributed by atoms with Crippen LogP contribution in [0.3, 0.4) is 0 Å². The molecular weight excluding hydrogens is 300 g/mol. The molecule has 1 rings (SSSR count). The smallest absolute Gasteiger partial charge is 0.305 e. The summed E-state index contributed by atoms with van der Waals surface area (Å²) in [5.74, 6) is 1.20. The van der Waals surface area contributed by atoms with Crippen molar-refractivity contribution in [2.75, 3.05) is 7.11 Å². The number of rotatable bonds is 12. The summed E-state index contributed by atoms with van der Waals surface area (Å²) in [4.78, 5) is 11.0. The van der Waals surface area contributed by atoms with Crippen molar-refractivity contribution < 1.29 is 14.6 Å². The third-order valence-corrected chi connectivity index (χ3v) is 4.99. The topological polar surface area (TPSA) is 46.5 Å². The summed E-state index contributed by atoms with van der Waals surface area (Å²) in [5, 5.41) is 10.0. The van der Waals surface area contributed by atoms with Crippen LogP contribution in [0.5, 0.6) is 0 Å². The molecule has 0 unspecified atom stereocenters. The van der Waals surface area contributed by atoms with Crippen LogP contribution < -0.4 is 0 Å². The summed E-state index contributed by atoms with van der Waals surface area (Å²) in [5.41, 5.74) is 0. The Morgan fingerprint density at radius 3 is 2.83 bits per heavy atom. The van der Waals surface area contributed by atoms with Gasteiger partial charge in [0.15, 0.2) is 0 Å². The lowest BCUT2D eigenvalue weighted by Gasteiger charge is -2.15. The fraction of sp³-hybridized carbons (Fsp3) is 0.762. The summed E-state index contributed by atoms with van der Waals surface area (Å²) in [6.45, 7) is 2.19. The number of hydrogen-bond acceptors (Lipinski definition) is 3. The minimum absolute atomic E-state index is 0.123. The van der Waals surface area contributed by atoms with Gasteiger partial charge in [-0.3, -0.25) is 4.79 Å². The van der Waals surface area contributed by atoms with Crippen molar-refractivity contribution in [2.45, 2.75) is 83.7 Å². The van der Waals surface area contributed by atoms with Gasteiger partial charge in [-0.05, 0) is 50.4 Å². The number of carbonyl (C=O) groups excluding carboxylic acids is 1. The van der Waals surface area contributed by atoms with Crippen LogP contribution in [0.25, 0.3) is 0 Å². The molecule has 3 heteroatoms. The molecule has 1 N–H and O–H groups in total. The first-order valence-electron chi connectivity index (χ1n) is 9.75. The standard InChI is InChI=1S/C21H36O3/c1-3-4-7-14-20(22)17-16-19-13-10-12-18(19)11-8-5-6-9-15-21(23)24-2/h5,8,16-20,22H,3-4,6-7,9-15H2,1-2H3/b8-5-,17-16+/t18-,19+,20+/m1/s1. The predicted octanol–water partition coefficient (Wildman–Crippen LogP) is 5.19. The second kappa shape index (κ2) is 13.2.